The van der Waals surface area contributed by atoms with Gasteiger partial charge in [0, 0.05) is 13.2 Å². The van der Waals surface area contributed by atoms with Gasteiger partial charge >= 0.3 is 0 Å². The summed E-state index contributed by atoms with van der Waals surface area (Å²) < 4.78 is 25.6. The molecule has 0 N–H and O–H groups in total. The van der Waals surface area contributed by atoms with E-state index in [0.29, 0.717) is 18.0 Å². The zero-order valence-corrected chi connectivity index (χ0v) is 10.6. The van der Waals surface area contributed by atoms with Gasteiger partial charge in [-0.2, -0.15) is 5.10 Å². The van der Waals surface area contributed by atoms with Crippen LogP contribution in [0.2, 0.25) is 0 Å². The summed E-state index contributed by atoms with van der Waals surface area (Å²) in [6.45, 7) is 2.23. The van der Waals surface area contributed by atoms with Crippen LogP contribution < -0.4 is 4.74 Å². The molecule has 5 heteroatoms. The van der Waals surface area contributed by atoms with Gasteiger partial charge in [-0.25, -0.2) is 9.07 Å². The molecule has 2 rings (SSSR count). The minimum Gasteiger partial charge on any atom is -0.497 e. The molecule has 1 aromatic heterocycles. The van der Waals surface area contributed by atoms with Crippen molar-refractivity contribution in [1.82, 2.24) is 9.78 Å². The molecule has 0 aliphatic heterocycles. The highest BCUT2D eigenvalue weighted by Gasteiger charge is 2.12. The molecule has 2 aromatic rings. The largest absolute Gasteiger partial charge is 0.497 e. The van der Waals surface area contributed by atoms with Gasteiger partial charge in [-0.3, -0.25) is 0 Å². The summed E-state index contributed by atoms with van der Waals surface area (Å²) in [5.41, 5.74) is 1.96. The van der Waals surface area contributed by atoms with Crippen LogP contribution in [0, 0.1) is 12.7 Å². The Kier molecular flexibility index (Phi) is 3.62. The zero-order chi connectivity index (χ0) is 13.1. The highest BCUT2D eigenvalue weighted by Crippen LogP contribution is 2.22. The minimum absolute atomic E-state index is 0.351. The topological polar surface area (TPSA) is 36.3 Å². The van der Waals surface area contributed by atoms with Crippen LogP contribution >= 0.6 is 0 Å². The molecule has 0 amide bonds. The van der Waals surface area contributed by atoms with Crippen molar-refractivity contribution in [2.75, 3.05) is 14.2 Å². The number of rotatable bonds is 4. The molecule has 0 radical (unpaired) electrons. The molecule has 96 valence electrons. The van der Waals surface area contributed by atoms with Crippen molar-refractivity contribution in [3.8, 4) is 11.4 Å². The van der Waals surface area contributed by atoms with E-state index in [-0.39, 0.29) is 5.82 Å². The molecule has 0 saturated carbocycles. The fraction of sp³-hybridized carbons (Fsp3) is 0.308. The molecule has 1 aromatic carbocycles. The molecule has 0 aliphatic rings. The van der Waals surface area contributed by atoms with Crippen LogP contribution in [-0.4, -0.2) is 24.0 Å². The third kappa shape index (κ3) is 2.36. The highest BCUT2D eigenvalue weighted by molar-refractivity contribution is 5.41. The molecule has 0 aliphatic carbocycles. The normalized spacial score (nSPS) is 10.7. The van der Waals surface area contributed by atoms with Crippen molar-refractivity contribution in [1.29, 1.82) is 0 Å². The lowest BCUT2D eigenvalue weighted by Gasteiger charge is -2.09. The maximum atomic E-state index is 13.9. The van der Waals surface area contributed by atoms with E-state index >= 15 is 0 Å². The Balaban J connectivity index is 2.53. The van der Waals surface area contributed by atoms with Gasteiger partial charge in [0.05, 0.1) is 25.1 Å². The second-order valence-electron chi connectivity index (χ2n) is 3.94. The number of ether oxygens (including phenoxy) is 2. The summed E-state index contributed by atoms with van der Waals surface area (Å²) in [4.78, 5) is 0. The van der Waals surface area contributed by atoms with Crippen molar-refractivity contribution in [3.63, 3.8) is 0 Å². The SMILES string of the molecule is COCc1cc(C)nn1-c1cc(OC)ccc1F. The number of hydrogen-bond acceptors (Lipinski definition) is 3. The molecule has 1 heterocycles. The van der Waals surface area contributed by atoms with Crippen LogP contribution in [0.4, 0.5) is 4.39 Å². The van der Waals surface area contributed by atoms with Crippen molar-refractivity contribution in [3.05, 3.63) is 41.5 Å². The molecule has 0 spiro atoms. The average Bonchev–Trinajstić information content (AvgIpc) is 2.71. The maximum absolute atomic E-state index is 13.9. The summed E-state index contributed by atoms with van der Waals surface area (Å²) in [5.74, 6) is 0.235. The van der Waals surface area contributed by atoms with Gasteiger partial charge in [0.1, 0.15) is 17.3 Å². The third-order valence-corrected chi connectivity index (χ3v) is 2.58. The lowest BCUT2D eigenvalue weighted by atomic mass is 10.2. The van der Waals surface area contributed by atoms with Gasteiger partial charge in [-0.1, -0.05) is 0 Å². The molecule has 18 heavy (non-hydrogen) atoms. The van der Waals surface area contributed by atoms with E-state index in [1.165, 1.54) is 10.7 Å². The van der Waals surface area contributed by atoms with Crippen LogP contribution in [0.15, 0.2) is 24.3 Å². The van der Waals surface area contributed by atoms with E-state index in [2.05, 4.69) is 5.10 Å². The Labute approximate surface area is 105 Å². The standard InChI is InChI=1S/C13H15FN2O2/c1-9-6-10(8-17-2)16(15-9)13-7-11(18-3)4-5-12(13)14/h4-7H,8H2,1-3H3. The Bertz CT molecular complexity index is 552. The van der Waals surface area contributed by atoms with Crippen molar-refractivity contribution in [2.24, 2.45) is 0 Å². The predicted octanol–water partition coefficient (Wildman–Crippen LogP) is 2.47. The molecule has 0 saturated heterocycles. The summed E-state index contributed by atoms with van der Waals surface area (Å²) in [6, 6.07) is 6.41. The smallest absolute Gasteiger partial charge is 0.149 e. The zero-order valence-electron chi connectivity index (χ0n) is 10.6. The van der Waals surface area contributed by atoms with Gasteiger partial charge in [0.25, 0.3) is 0 Å². The van der Waals surface area contributed by atoms with E-state index in [1.54, 1.807) is 26.4 Å². The number of aromatic nitrogens is 2. The van der Waals surface area contributed by atoms with Crippen molar-refractivity contribution < 1.29 is 13.9 Å². The molecular formula is C13H15FN2O2. The second kappa shape index (κ2) is 5.18. The third-order valence-electron chi connectivity index (χ3n) is 2.58. The summed E-state index contributed by atoms with van der Waals surface area (Å²) in [6.07, 6.45) is 0. The van der Waals surface area contributed by atoms with E-state index in [0.717, 1.165) is 11.4 Å². The molecule has 0 atom stereocenters. The maximum Gasteiger partial charge on any atom is 0.149 e. The average molecular weight is 250 g/mol. The minimum atomic E-state index is -0.351. The van der Waals surface area contributed by atoms with E-state index < -0.39 is 0 Å². The van der Waals surface area contributed by atoms with E-state index in [4.69, 9.17) is 9.47 Å². The Morgan fingerprint density at radius 2 is 2.06 bits per heavy atom. The number of benzene rings is 1. The first kappa shape index (κ1) is 12.6. The molecule has 0 fully saturated rings. The quantitative estimate of drug-likeness (QED) is 0.836. The first-order valence-electron chi connectivity index (χ1n) is 5.54. The fourth-order valence-corrected chi connectivity index (χ4v) is 1.79. The van der Waals surface area contributed by atoms with E-state index in [9.17, 15) is 4.39 Å². The lowest BCUT2D eigenvalue weighted by molar-refractivity contribution is 0.179. The van der Waals surface area contributed by atoms with Crippen LogP contribution in [0.1, 0.15) is 11.4 Å². The number of hydrogen-bond donors (Lipinski definition) is 0. The predicted molar refractivity (Wildman–Crippen MR) is 65.5 cm³/mol. The lowest BCUT2D eigenvalue weighted by Crippen LogP contribution is -2.05. The van der Waals surface area contributed by atoms with Crippen molar-refractivity contribution in [2.45, 2.75) is 13.5 Å². The molecule has 0 bridgehead atoms. The van der Waals surface area contributed by atoms with Gasteiger partial charge in [-0.05, 0) is 25.1 Å². The molecule has 4 nitrogen and oxygen atoms in total. The molecular weight excluding hydrogens is 235 g/mol. The van der Waals surface area contributed by atoms with Crippen LogP contribution in [0.25, 0.3) is 5.69 Å². The Morgan fingerprint density at radius 1 is 1.28 bits per heavy atom. The van der Waals surface area contributed by atoms with Crippen LogP contribution in [0.3, 0.4) is 0 Å². The number of halogens is 1. The Morgan fingerprint density at radius 3 is 2.72 bits per heavy atom. The molecule has 0 unspecified atom stereocenters. The number of aryl methyl sites for hydroxylation is 1. The van der Waals surface area contributed by atoms with Gasteiger partial charge < -0.3 is 9.47 Å². The number of nitrogens with zero attached hydrogens (tertiary/aromatic N) is 2. The fourth-order valence-electron chi connectivity index (χ4n) is 1.79. The van der Waals surface area contributed by atoms with Crippen LogP contribution in [-0.2, 0) is 11.3 Å². The first-order valence-corrected chi connectivity index (χ1v) is 5.54. The highest BCUT2D eigenvalue weighted by atomic mass is 19.1. The first-order chi connectivity index (χ1) is 8.65. The second-order valence-corrected chi connectivity index (χ2v) is 3.94. The monoisotopic (exact) mass is 250 g/mol. The van der Waals surface area contributed by atoms with Crippen LogP contribution in [0.5, 0.6) is 5.75 Å². The summed E-state index contributed by atoms with van der Waals surface area (Å²) in [5, 5.41) is 4.28. The van der Waals surface area contributed by atoms with Gasteiger partial charge in [0.2, 0.25) is 0 Å². The summed E-state index contributed by atoms with van der Waals surface area (Å²) in [7, 11) is 3.13. The van der Waals surface area contributed by atoms with E-state index in [1.807, 2.05) is 13.0 Å². The van der Waals surface area contributed by atoms with Gasteiger partial charge in [0.15, 0.2) is 0 Å². The number of methoxy groups -OCH3 is 2. The van der Waals surface area contributed by atoms with Crippen molar-refractivity contribution >= 4 is 0 Å². The Hall–Kier alpha value is -1.88. The summed E-state index contributed by atoms with van der Waals surface area (Å²) >= 11 is 0. The van der Waals surface area contributed by atoms with Gasteiger partial charge in [-0.15, -0.1) is 0 Å².